The van der Waals surface area contributed by atoms with Gasteiger partial charge in [0, 0.05) is 78.5 Å². The van der Waals surface area contributed by atoms with Crippen LogP contribution in [0.1, 0.15) is 22.3 Å². The first-order chi connectivity index (χ1) is 47.5. The third-order valence-electron chi connectivity index (χ3n) is 20.6. The van der Waals surface area contributed by atoms with E-state index in [9.17, 15) is 0 Å². The molecule has 1 aliphatic rings. The van der Waals surface area contributed by atoms with E-state index in [1.807, 2.05) is 0 Å². The van der Waals surface area contributed by atoms with Gasteiger partial charge in [0.05, 0.1) is 0 Å². The zero-order valence-electron chi connectivity index (χ0n) is 54.3. The minimum Gasteiger partial charge on any atom is -0.297 e. The molecular weight excluding hydrogens is 1160 g/mol. The molecule has 1 aliphatic heterocycles. The van der Waals surface area contributed by atoms with Crippen LogP contribution in [0.5, 0.6) is 0 Å². The molecule has 0 bridgehead atoms. The Morgan fingerprint density at radius 1 is 0.167 bits per heavy atom. The standard InChI is InChI=1S/C92H76N4/c1-9-25-81-73(17-1)57-74-18-2-10-26-82(74)89(81)69-41-33-65(34-42-69)61-93-49-51-94(62-66-35-43-70(44-36-66)90-83-27-11-3-19-75(83)58-76-20-4-12-28-84(76)90)53-55-96(64-68-39-47-72(48-40-68)92-87-31-15-7-23-79(87)60-80-24-8-16-32-88(80)92)56-54-95(52-50-93)63-67-37-45-71(46-38-67)91-85-29-13-5-21-77(85)59-78-22-6-14-30-86(78)91/h1-48,57-60H,49-56,61-64H2. The van der Waals surface area contributed by atoms with E-state index in [-0.39, 0.29) is 0 Å². The van der Waals surface area contributed by atoms with Crippen LogP contribution in [0.4, 0.5) is 0 Å². The van der Waals surface area contributed by atoms with Crippen molar-refractivity contribution in [1.29, 1.82) is 0 Å². The van der Waals surface area contributed by atoms with Gasteiger partial charge < -0.3 is 0 Å². The van der Waals surface area contributed by atoms with Crippen LogP contribution in [-0.2, 0) is 26.2 Å². The first-order valence-corrected chi connectivity index (χ1v) is 34.4. The summed E-state index contributed by atoms with van der Waals surface area (Å²) in [5, 5.41) is 20.5. The normalized spacial score (nSPS) is 14.3. The summed E-state index contributed by atoms with van der Waals surface area (Å²) in [5.74, 6) is 0. The molecule has 0 N–H and O–H groups in total. The number of fused-ring (bicyclic) bond motifs is 8. The van der Waals surface area contributed by atoms with Gasteiger partial charge in [0.15, 0.2) is 0 Å². The Hall–Kier alpha value is -10.6. The predicted octanol–water partition coefficient (Wildman–Crippen LogP) is 21.9. The van der Waals surface area contributed by atoms with Crippen LogP contribution in [0.2, 0.25) is 0 Å². The number of hydrogen-bond donors (Lipinski definition) is 0. The summed E-state index contributed by atoms with van der Waals surface area (Å²) in [6.07, 6.45) is 0. The SMILES string of the molecule is c1ccc2c(-c3ccc(CN4CCN(Cc5ccc(-c6c7ccccc7cc7ccccc67)cc5)CCN(Cc5ccc(-c6c7ccccc7cc7ccccc67)cc5)CCN(Cc5ccc(-c6c7ccccc7cc7ccccc67)cc5)CC4)cc3)c3ccccc3cc2c1. The van der Waals surface area contributed by atoms with Gasteiger partial charge in [-0.05, 0) is 177 Å². The number of rotatable bonds is 12. The molecule has 0 spiro atoms. The van der Waals surface area contributed by atoms with Crippen LogP contribution in [0.3, 0.4) is 0 Å². The van der Waals surface area contributed by atoms with Crippen LogP contribution < -0.4 is 0 Å². The van der Waals surface area contributed by atoms with Gasteiger partial charge in [0.1, 0.15) is 0 Å². The molecule has 16 aromatic carbocycles. The molecule has 0 unspecified atom stereocenters. The quantitative estimate of drug-likeness (QED) is 0.113. The van der Waals surface area contributed by atoms with Crippen LogP contribution >= 0.6 is 0 Å². The Balaban J connectivity index is 0.700. The molecule has 0 aliphatic carbocycles. The summed E-state index contributed by atoms with van der Waals surface area (Å²) < 4.78 is 0. The highest BCUT2D eigenvalue weighted by atomic mass is 15.3. The molecule has 0 saturated carbocycles. The van der Waals surface area contributed by atoms with Gasteiger partial charge in [-0.15, -0.1) is 0 Å². The van der Waals surface area contributed by atoms with Crippen molar-refractivity contribution in [3.63, 3.8) is 0 Å². The molecule has 0 atom stereocenters. The van der Waals surface area contributed by atoms with Gasteiger partial charge in [-0.25, -0.2) is 0 Å². The van der Waals surface area contributed by atoms with Crippen molar-refractivity contribution in [3.8, 4) is 44.5 Å². The molecule has 0 radical (unpaired) electrons. The van der Waals surface area contributed by atoms with Crippen molar-refractivity contribution in [2.45, 2.75) is 26.2 Å². The summed E-state index contributed by atoms with van der Waals surface area (Å²) in [7, 11) is 0. The van der Waals surface area contributed by atoms with Crippen LogP contribution in [0, 0.1) is 0 Å². The Labute approximate surface area is 563 Å². The first-order valence-electron chi connectivity index (χ1n) is 34.4. The molecule has 4 heteroatoms. The lowest BCUT2D eigenvalue weighted by atomic mass is 9.91. The number of benzene rings is 16. The van der Waals surface area contributed by atoms with Gasteiger partial charge in [-0.3, -0.25) is 19.6 Å². The Kier molecular flexibility index (Phi) is 16.2. The fraction of sp³-hybridized carbons (Fsp3) is 0.130. The summed E-state index contributed by atoms with van der Waals surface area (Å²) in [6.45, 7) is 11.1. The number of nitrogens with zero attached hydrogens (tertiary/aromatic N) is 4. The van der Waals surface area contributed by atoms with Gasteiger partial charge >= 0.3 is 0 Å². The molecule has 1 fully saturated rings. The predicted molar refractivity (Wildman–Crippen MR) is 409 cm³/mol. The topological polar surface area (TPSA) is 13.0 Å². The van der Waals surface area contributed by atoms with E-state index in [1.165, 1.54) is 153 Å². The molecule has 17 rings (SSSR count). The van der Waals surface area contributed by atoms with E-state index >= 15 is 0 Å². The van der Waals surface area contributed by atoms with Crippen molar-refractivity contribution in [1.82, 2.24) is 19.6 Å². The zero-order chi connectivity index (χ0) is 63.7. The summed E-state index contributed by atoms with van der Waals surface area (Å²) in [6, 6.07) is 118. The lowest BCUT2D eigenvalue weighted by Crippen LogP contribution is -2.45. The minimum atomic E-state index is 0.871. The smallest absolute Gasteiger partial charge is 0.0234 e. The summed E-state index contributed by atoms with van der Waals surface area (Å²) in [5.41, 5.74) is 15.6. The lowest BCUT2D eigenvalue weighted by molar-refractivity contribution is 0.122. The van der Waals surface area contributed by atoms with Crippen molar-refractivity contribution >= 4 is 86.2 Å². The van der Waals surface area contributed by atoms with Crippen molar-refractivity contribution in [3.05, 3.63) is 338 Å². The molecule has 96 heavy (non-hydrogen) atoms. The van der Waals surface area contributed by atoms with Crippen molar-refractivity contribution in [2.75, 3.05) is 52.4 Å². The molecule has 4 nitrogen and oxygen atoms in total. The lowest BCUT2D eigenvalue weighted by Gasteiger charge is -2.34. The monoisotopic (exact) mass is 1240 g/mol. The molecular formula is C92H76N4. The summed E-state index contributed by atoms with van der Waals surface area (Å²) in [4.78, 5) is 11.0. The maximum atomic E-state index is 2.74. The van der Waals surface area contributed by atoms with Gasteiger partial charge in [-0.2, -0.15) is 0 Å². The zero-order valence-corrected chi connectivity index (χ0v) is 54.3. The average Bonchev–Trinajstić information content (AvgIpc) is 0.806. The molecule has 1 saturated heterocycles. The van der Waals surface area contributed by atoms with Gasteiger partial charge in [-0.1, -0.05) is 291 Å². The second kappa shape index (κ2) is 26.3. The molecule has 0 aromatic heterocycles. The largest absolute Gasteiger partial charge is 0.297 e. The van der Waals surface area contributed by atoms with E-state index < -0.39 is 0 Å². The van der Waals surface area contributed by atoms with Gasteiger partial charge in [0.2, 0.25) is 0 Å². The van der Waals surface area contributed by atoms with E-state index in [4.69, 9.17) is 0 Å². The van der Waals surface area contributed by atoms with Crippen LogP contribution in [0.25, 0.3) is 131 Å². The molecule has 1 heterocycles. The van der Waals surface area contributed by atoms with E-state index in [0.29, 0.717) is 0 Å². The first kappa shape index (κ1) is 59.2. The number of hydrogen-bond acceptors (Lipinski definition) is 4. The minimum absolute atomic E-state index is 0.871. The summed E-state index contributed by atoms with van der Waals surface area (Å²) >= 11 is 0. The molecule has 464 valence electrons. The second-order valence-corrected chi connectivity index (χ2v) is 26.7. The molecule has 16 aromatic rings. The Morgan fingerprint density at radius 3 is 0.469 bits per heavy atom. The van der Waals surface area contributed by atoms with E-state index in [2.05, 4.69) is 335 Å². The highest BCUT2D eigenvalue weighted by Gasteiger charge is 2.21. The highest BCUT2D eigenvalue weighted by Crippen LogP contribution is 2.41. The van der Waals surface area contributed by atoms with Crippen molar-refractivity contribution in [2.24, 2.45) is 0 Å². The van der Waals surface area contributed by atoms with E-state index in [0.717, 1.165) is 78.5 Å². The van der Waals surface area contributed by atoms with Crippen LogP contribution in [0.15, 0.2) is 315 Å². The maximum absolute atomic E-state index is 2.74. The third kappa shape index (κ3) is 12.0. The van der Waals surface area contributed by atoms with Gasteiger partial charge in [0.25, 0.3) is 0 Å². The fourth-order valence-corrected chi connectivity index (χ4v) is 15.6. The second-order valence-electron chi connectivity index (χ2n) is 26.7. The van der Waals surface area contributed by atoms with E-state index in [1.54, 1.807) is 0 Å². The van der Waals surface area contributed by atoms with Crippen molar-refractivity contribution < 1.29 is 0 Å². The van der Waals surface area contributed by atoms with Crippen LogP contribution in [-0.4, -0.2) is 72.0 Å². The fourth-order valence-electron chi connectivity index (χ4n) is 15.6. The third-order valence-corrected chi connectivity index (χ3v) is 20.6. The Bertz CT molecular complexity index is 4580. The maximum Gasteiger partial charge on any atom is 0.0234 e. The molecule has 0 amide bonds. The Morgan fingerprint density at radius 2 is 0.312 bits per heavy atom. The highest BCUT2D eigenvalue weighted by molar-refractivity contribution is 6.16. The average molecular weight is 1240 g/mol.